The molecule has 1 aromatic heterocycles. The number of amides is 1. The number of aromatic nitrogens is 2. The van der Waals surface area contributed by atoms with Crippen LogP contribution in [0.5, 0.6) is 0 Å². The van der Waals surface area contributed by atoms with E-state index in [0.29, 0.717) is 19.7 Å². The number of morpholine rings is 1. The molecule has 1 aromatic rings. The summed E-state index contributed by atoms with van der Waals surface area (Å²) in [5, 5.41) is 0. The zero-order chi connectivity index (χ0) is 12.3. The lowest BCUT2D eigenvalue weighted by atomic mass is 10.0. The van der Waals surface area contributed by atoms with E-state index in [-0.39, 0.29) is 0 Å². The molecule has 0 spiro atoms. The Labute approximate surface area is 99.8 Å². The van der Waals surface area contributed by atoms with Crippen molar-refractivity contribution in [2.24, 2.45) is 5.73 Å². The average molecular weight is 236 g/mol. The Morgan fingerprint density at radius 2 is 2.47 bits per heavy atom. The average Bonchev–Trinajstić information content (AvgIpc) is 2.30. The Balaban J connectivity index is 2.01. The maximum Gasteiger partial charge on any atom is 0.250 e. The molecule has 0 radical (unpaired) electrons. The van der Waals surface area contributed by atoms with Crippen LogP contribution in [-0.2, 0) is 16.1 Å². The second-order valence-electron chi connectivity index (χ2n) is 4.35. The molecular formula is C11H16N4O2. The number of hydrogen-bond acceptors (Lipinski definition) is 5. The Morgan fingerprint density at radius 3 is 3.12 bits per heavy atom. The minimum atomic E-state index is -0.902. The summed E-state index contributed by atoms with van der Waals surface area (Å²) in [6.07, 6.45) is 5.01. The maximum absolute atomic E-state index is 11.3. The van der Waals surface area contributed by atoms with Gasteiger partial charge in [-0.05, 0) is 6.92 Å². The van der Waals surface area contributed by atoms with E-state index < -0.39 is 11.5 Å². The van der Waals surface area contributed by atoms with Crippen molar-refractivity contribution in [2.45, 2.75) is 19.1 Å². The van der Waals surface area contributed by atoms with Gasteiger partial charge in [-0.1, -0.05) is 0 Å². The van der Waals surface area contributed by atoms with Crippen LogP contribution >= 0.6 is 0 Å². The molecule has 6 heteroatoms. The lowest BCUT2D eigenvalue weighted by Gasteiger charge is -2.38. The quantitative estimate of drug-likeness (QED) is 0.769. The monoisotopic (exact) mass is 236 g/mol. The van der Waals surface area contributed by atoms with E-state index >= 15 is 0 Å². The summed E-state index contributed by atoms with van der Waals surface area (Å²) in [5.41, 5.74) is 5.31. The second kappa shape index (κ2) is 4.77. The fraction of sp³-hybridized carbons (Fsp3) is 0.545. The summed E-state index contributed by atoms with van der Waals surface area (Å²) in [7, 11) is 0. The zero-order valence-corrected chi connectivity index (χ0v) is 9.80. The van der Waals surface area contributed by atoms with Gasteiger partial charge < -0.3 is 10.5 Å². The van der Waals surface area contributed by atoms with Crippen molar-refractivity contribution in [2.75, 3.05) is 19.7 Å². The van der Waals surface area contributed by atoms with Gasteiger partial charge in [0.25, 0.3) is 5.91 Å². The zero-order valence-electron chi connectivity index (χ0n) is 9.80. The third-order valence-electron chi connectivity index (χ3n) is 2.88. The van der Waals surface area contributed by atoms with Crippen LogP contribution in [0.4, 0.5) is 0 Å². The van der Waals surface area contributed by atoms with Gasteiger partial charge in [0, 0.05) is 38.2 Å². The molecule has 0 aliphatic carbocycles. The first kappa shape index (κ1) is 11.9. The van der Waals surface area contributed by atoms with Crippen molar-refractivity contribution in [3.8, 4) is 0 Å². The molecule has 1 fully saturated rings. The van der Waals surface area contributed by atoms with Gasteiger partial charge in [-0.15, -0.1) is 0 Å². The van der Waals surface area contributed by atoms with Crippen LogP contribution in [0.25, 0.3) is 0 Å². The van der Waals surface area contributed by atoms with Crippen LogP contribution in [0.15, 0.2) is 18.6 Å². The van der Waals surface area contributed by atoms with Crippen molar-refractivity contribution in [3.05, 3.63) is 24.3 Å². The number of ether oxygens (including phenoxy) is 1. The predicted octanol–water partition coefficient (Wildman–Crippen LogP) is -0.447. The minimum Gasteiger partial charge on any atom is -0.367 e. The molecule has 0 saturated carbocycles. The van der Waals surface area contributed by atoms with E-state index in [4.69, 9.17) is 10.5 Å². The molecule has 0 unspecified atom stereocenters. The van der Waals surface area contributed by atoms with Gasteiger partial charge in [0.1, 0.15) is 0 Å². The molecule has 1 aliphatic rings. The molecule has 2 N–H and O–H groups in total. The molecule has 0 bridgehead atoms. The number of carbonyl (C=O) groups excluding carboxylic acids is 1. The lowest BCUT2D eigenvalue weighted by molar-refractivity contribution is -0.153. The highest BCUT2D eigenvalue weighted by Crippen LogP contribution is 2.18. The van der Waals surface area contributed by atoms with Crippen molar-refractivity contribution in [1.29, 1.82) is 0 Å². The van der Waals surface area contributed by atoms with E-state index in [1.807, 2.05) is 0 Å². The first-order valence-corrected chi connectivity index (χ1v) is 5.51. The summed E-state index contributed by atoms with van der Waals surface area (Å²) >= 11 is 0. The Bertz CT molecular complexity index is 398. The van der Waals surface area contributed by atoms with Crippen LogP contribution < -0.4 is 5.73 Å². The smallest absolute Gasteiger partial charge is 0.250 e. The highest BCUT2D eigenvalue weighted by molar-refractivity contribution is 5.83. The Morgan fingerprint density at radius 1 is 1.65 bits per heavy atom. The lowest BCUT2D eigenvalue weighted by Crippen LogP contribution is -2.56. The molecule has 2 heterocycles. The van der Waals surface area contributed by atoms with Crippen molar-refractivity contribution in [1.82, 2.24) is 14.9 Å². The van der Waals surface area contributed by atoms with Gasteiger partial charge in [0.05, 0.1) is 12.3 Å². The molecule has 17 heavy (non-hydrogen) atoms. The molecule has 6 nitrogen and oxygen atoms in total. The number of carbonyl (C=O) groups is 1. The standard InChI is InChI=1S/C11H16N4O2/c1-11(10(12)16)8-15(4-5-17-11)7-9-6-13-2-3-14-9/h2-3,6H,4-5,7-8H2,1H3,(H2,12,16)/t11-/m0/s1. The first-order valence-electron chi connectivity index (χ1n) is 5.51. The highest BCUT2D eigenvalue weighted by Gasteiger charge is 2.37. The molecule has 2 rings (SSSR count). The van der Waals surface area contributed by atoms with Gasteiger partial charge >= 0.3 is 0 Å². The molecule has 1 saturated heterocycles. The molecule has 0 aromatic carbocycles. The Hall–Kier alpha value is -1.53. The summed E-state index contributed by atoms with van der Waals surface area (Å²) < 4.78 is 5.44. The summed E-state index contributed by atoms with van der Waals surface area (Å²) in [5.74, 6) is -0.429. The number of hydrogen-bond donors (Lipinski definition) is 1. The van der Waals surface area contributed by atoms with Crippen molar-refractivity contribution < 1.29 is 9.53 Å². The minimum absolute atomic E-state index is 0.429. The largest absolute Gasteiger partial charge is 0.367 e. The molecule has 1 atom stereocenters. The third-order valence-corrected chi connectivity index (χ3v) is 2.88. The second-order valence-corrected chi connectivity index (χ2v) is 4.35. The number of nitrogens with two attached hydrogens (primary N) is 1. The Kier molecular flexibility index (Phi) is 3.35. The van der Waals surface area contributed by atoms with Crippen LogP contribution in [0.3, 0.4) is 0 Å². The van der Waals surface area contributed by atoms with Crippen molar-refractivity contribution in [3.63, 3.8) is 0 Å². The van der Waals surface area contributed by atoms with Gasteiger partial charge in [-0.3, -0.25) is 19.7 Å². The number of nitrogens with zero attached hydrogens (tertiary/aromatic N) is 3. The summed E-state index contributed by atoms with van der Waals surface area (Å²) in [6, 6.07) is 0. The molecule has 1 amide bonds. The fourth-order valence-corrected chi connectivity index (χ4v) is 1.88. The van der Waals surface area contributed by atoms with E-state index in [2.05, 4.69) is 14.9 Å². The summed E-state index contributed by atoms with van der Waals surface area (Å²) in [6.45, 7) is 4.12. The van der Waals surface area contributed by atoms with Gasteiger partial charge in [0.15, 0.2) is 5.60 Å². The first-order chi connectivity index (χ1) is 8.10. The van der Waals surface area contributed by atoms with E-state index in [0.717, 1.165) is 12.2 Å². The normalized spacial score (nSPS) is 25.7. The van der Waals surface area contributed by atoms with Crippen LogP contribution in [-0.4, -0.2) is 46.1 Å². The predicted molar refractivity (Wildman–Crippen MR) is 60.9 cm³/mol. The van der Waals surface area contributed by atoms with E-state index in [1.54, 1.807) is 25.5 Å². The maximum atomic E-state index is 11.3. The fourth-order valence-electron chi connectivity index (χ4n) is 1.88. The van der Waals surface area contributed by atoms with Gasteiger partial charge in [0.2, 0.25) is 0 Å². The number of primary amides is 1. The number of rotatable bonds is 3. The third kappa shape index (κ3) is 2.78. The van der Waals surface area contributed by atoms with Crippen LogP contribution in [0, 0.1) is 0 Å². The van der Waals surface area contributed by atoms with Gasteiger partial charge in [-0.25, -0.2) is 0 Å². The molecule has 1 aliphatic heterocycles. The highest BCUT2D eigenvalue weighted by atomic mass is 16.5. The van der Waals surface area contributed by atoms with Crippen LogP contribution in [0.2, 0.25) is 0 Å². The van der Waals surface area contributed by atoms with E-state index in [9.17, 15) is 4.79 Å². The topological polar surface area (TPSA) is 81.3 Å². The summed E-state index contributed by atoms with van der Waals surface area (Å²) in [4.78, 5) is 21.6. The van der Waals surface area contributed by atoms with Gasteiger partial charge in [-0.2, -0.15) is 0 Å². The molecular weight excluding hydrogens is 220 g/mol. The molecule has 92 valence electrons. The SMILES string of the molecule is C[C@@]1(C(N)=O)CN(Cc2cnccn2)CCO1. The van der Waals surface area contributed by atoms with Crippen LogP contribution in [0.1, 0.15) is 12.6 Å². The van der Waals surface area contributed by atoms with Crippen molar-refractivity contribution >= 4 is 5.91 Å². The van der Waals surface area contributed by atoms with E-state index in [1.165, 1.54) is 0 Å².